The summed E-state index contributed by atoms with van der Waals surface area (Å²) in [6.07, 6.45) is 3.76. The van der Waals surface area contributed by atoms with E-state index in [1.54, 1.807) is 30.3 Å². The van der Waals surface area contributed by atoms with Gasteiger partial charge in [-0.05, 0) is 79.6 Å². The van der Waals surface area contributed by atoms with Crippen molar-refractivity contribution >= 4 is 46.9 Å². The zero-order valence-electron chi connectivity index (χ0n) is 19.4. The summed E-state index contributed by atoms with van der Waals surface area (Å²) in [6.45, 7) is 10.1. The second kappa shape index (κ2) is 9.03. The van der Waals surface area contributed by atoms with Crippen molar-refractivity contribution in [2.24, 2.45) is 0 Å². The highest BCUT2D eigenvalue weighted by Gasteiger charge is 2.37. The van der Waals surface area contributed by atoms with Gasteiger partial charge in [-0.3, -0.25) is 9.69 Å². The summed E-state index contributed by atoms with van der Waals surface area (Å²) in [4.78, 5) is 29.1. The summed E-state index contributed by atoms with van der Waals surface area (Å²) < 4.78 is 0. The highest BCUT2D eigenvalue weighted by Crippen LogP contribution is 2.45. The number of urea groups is 1. The van der Waals surface area contributed by atoms with Crippen LogP contribution in [0.5, 0.6) is 0 Å². The molecule has 3 amide bonds. The molecule has 0 bridgehead atoms. The molecular formula is C26H29Cl2N3O2. The molecule has 2 aliphatic rings. The highest BCUT2D eigenvalue weighted by molar-refractivity contribution is 6.32. The number of amides is 3. The summed E-state index contributed by atoms with van der Waals surface area (Å²) in [6, 6.07) is 10.7. The van der Waals surface area contributed by atoms with E-state index in [0.29, 0.717) is 16.0 Å². The molecule has 2 aliphatic heterocycles. The summed E-state index contributed by atoms with van der Waals surface area (Å²) in [5.41, 5.74) is 4.19. The largest absolute Gasteiger partial charge is 0.366 e. The first-order valence-corrected chi connectivity index (χ1v) is 12.1. The fourth-order valence-corrected chi connectivity index (χ4v) is 5.26. The van der Waals surface area contributed by atoms with E-state index in [2.05, 4.69) is 44.0 Å². The zero-order chi connectivity index (χ0) is 23.9. The minimum atomic E-state index is -0.445. The van der Waals surface area contributed by atoms with Gasteiger partial charge < -0.3 is 10.2 Å². The number of anilines is 1. The van der Waals surface area contributed by atoms with Gasteiger partial charge in [0.25, 0.3) is 5.91 Å². The van der Waals surface area contributed by atoms with E-state index in [1.165, 1.54) is 10.5 Å². The normalized spacial score (nSPS) is 20.9. The highest BCUT2D eigenvalue weighted by atomic mass is 35.5. The Morgan fingerprint density at radius 2 is 1.85 bits per heavy atom. The molecule has 1 N–H and O–H groups in total. The maximum absolute atomic E-state index is 13.0. The second-order valence-corrected chi connectivity index (χ2v) is 10.4. The van der Waals surface area contributed by atoms with E-state index >= 15 is 0 Å². The first kappa shape index (κ1) is 23.7. The van der Waals surface area contributed by atoms with Gasteiger partial charge >= 0.3 is 6.03 Å². The molecule has 0 saturated carbocycles. The van der Waals surface area contributed by atoms with E-state index in [4.69, 9.17) is 23.2 Å². The Bertz CT molecular complexity index is 1130. The Morgan fingerprint density at radius 3 is 2.52 bits per heavy atom. The van der Waals surface area contributed by atoms with E-state index in [9.17, 15) is 9.59 Å². The lowest BCUT2D eigenvalue weighted by atomic mass is 9.79. The number of carbonyl (C=O) groups is 2. The van der Waals surface area contributed by atoms with Crippen LogP contribution in [0.2, 0.25) is 10.0 Å². The number of nitrogens with one attached hydrogen (secondary N) is 1. The Balaban J connectivity index is 1.64. The standard InChI is InChI=1S/C26H29Cl2N3O2/c1-5-10-31-23-13-21(28)18(11-20(23)16(2)14-26(31,3)4)12-22-24(32)30(25(33)29-22)15-17-6-8-19(27)9-7-17/h6-9,11-13,16H,5,10,14-15H2,1-4H3,(H,29,33)/b22-12+. The monoisotopic (exact) mass is 485 g/mol. The fourth-order valence-electron chi connectivity index (χ4n) is 4.92. The van der Waals surface area contributed by atoms with Crippen molar-refractivity contribution in [3.8, 4) is 0 Å². The summed E-state index contributed by atoms with van der Waals surface area (Å²) in [5, 5.41) is 3.86. The molecule has 33 heavy (non-hydrogen) atoms. The Hall–Kier alpha value is -2.50. The van der Waals surface area contributed by atoms with Gasteiger partial charge in [0.1, 0.15) is 5.70 Å². The van der Waals surface area contributed by atoms with Crippen LogP contribution in [0, 0.1) is 0 Å². The second-order valence-electron chi connectivity index (χ2n) is 9.51. The molecule has 0 radical (unpaired) electrons. The number of fused-ring (bicyclic) bond motifs is 1. The van der Waals surface area contributed by atoms with Crippen LogP contribution in [0.25, 0.3) is 6.08 Å². The molecule has 1 atom stereocenters. The fraction of sp³-hybridized carbons (Fsp3) is 0.385. The summed E-state index contributed by atoms with van der Waals surface area (Å²) in [7, 11) is 0. The van der Waals surface area contributed by atoms with E-state index in [0.717, 1.165) is 36.2 Å². The molecule has 7 heteroatoms. The van der Waals surface area contributed by atoms with Crippen LogP contribution in [0.15, 0.2) is 42.1 Å². The van der Waals surface area contributed by atoms with E-state index in [1.807, 2.05) is 6.07 Å². The molecule has 2 aromatic rings. The topological polar surface area (TPSA) is 52.7 Å². The maximum Gasteiger partial charge on any atom is 0.329 e. The minimum Gasteiger partial charge on any atom is -0.366 e. The van der Waals surface area contributed by atoms with Gasteiger partial charge in [-0.15, -0.1) is 0 Å². The average molecular weight is 486 g/mol. The first-order valence-electron chi connectivity index (χ1n) is 11.3. The molecule has 0 aromatic heterocycles. The molecule has 2 aromatic carbocycles. The van der Waals surface area contributed by atoms with Crippen molar-refractivity contribution in [1.29, 1.82) is 0 Å². The Kier molecular flexibility index (Phi) is 6.47. The number of nitrogens with zero attached hydrogens (tertiary/aromatic N) is 2. The molecular weight excluding hydrogens is 457 g/mol. The van der Waals surface area contributed by atoms with Crippen LogP contribution >= 0.6 is 23.2 Å². The van der Waals surface area contributed by atoms with Crippen molar-refractivity contribution in [2.75, 3.05) is 11.4 Å². The predicted molar refractivity (Wildman–Crippen MR) is 135 cm³/mol. The molecule has 2 heterocycles. The van der Waals surface area contributed by atoms with Gasteiger partial charge in [0.15, 0.2) is 0 Å². The summed E-state index contributed by atoms with van der Waals surface area (Å²) in [5.74, 6) is -0.0154. The average Bonchev–Trinajstić information content (AvgIpc) is 3.00. The van der Waals surface area contributed by atoms with Crippen molar-refractivity contribution in [2.45, 2.75) is 58.5 Å². The number of hydrogen-bond donors (Lipinski definition) is 1. The molecule has 4 rings (SSSR count). The number of halogens is 2. The van der Waals surface area contributed by atoms with Crippen LogP contribution in [-0.4, -0.2) is 28.9 Å². The van der Waals surface area contributed by atoms with Crippen molar-refractivity contribution in [3.05, 3.63) is 68.8 Å². The molecule has 5 nitrogen and oxygen atoms in total. The van der Waals surface area contributed by atoms with Crippen LogP contribution < -0.4 is 10.2 Å². The van der Waals surface area contributed by atoms with Gasteiger partial charge in [0, 0.05) is 27.8 Å². The number of imide groups is 1. The number of hydrogen-bond acceptors (Lipinski definition) is 3. The molecule has 1 saturated heterocycles. The van der Waals surface area contributed by atoms with Gasteiger partial charge in [-0.2, -0.15) is 0 Å². The van der Waals surface area contributed by atoms with Crippen LogP contribution in [0.3, 0.4) is 0 Å². The van der Waals surface area contributed by atoms with Crippen molar-refractivity contribution in [3.63, 3.8) is 0 Å². The third kappa shape index (κ3) is 4.62. The zero-order valence-corrected chi connectivity index (χ0v) is 20.9. The SMILES string of the molecule is CCCN1c2cc(Cl)c(/C=C3/NC(=O)N(Cc4ccc(Cl)cc4)C3=O)cc2C(C)CC1(C)C. The molecule has 1 fully saturated rings. The van der Waals surface area contributed by atoms with Gasteiger partial charge in [-0.1, -0.05) is 49.2 Å². The van der Waals surface area contributed by atoms with Crippen LogP contribution in [0.1, 0.15) is 63.1 Å². The van der Waals surface area contributed by atoms with Gasteiger partial charge in [-0.25, -0.2) is 4.79 Å². The molecule has 174 valence electrons. The smallest absolute Gasteiger partial charge is 0.329 e. The minimum absolute atomic E-state index is 0.0449. The lowest BCUT2D eigenvalue weighted by Crippen LogP contribution is -2.48. The van der Waals surface area contributed by atoms with E-state index < -0.39 is 6.03 Å². The number of carbonyl (C=O) groups excluding carboxylic acids is 2. The summed E-state index contributed by atoms with van der Waals surface area (Å²) >= 11 is 12.6. The van der Waals surface area contributed by atoms with E-state index in [-0.39, 0.29) is 23.7 Å². The first-order chi connectivity index (χ1) is 15.6. The lowest BCUT2D eigenvalue weighted by Gasteiger charge is -2.47. The van der Waals surface area contributed by atoms with Gasteiger partial charge in [0.05, 0.1) is 6.54 Å². The van der Waals surface area contributed by atoms with Crippen molar-refractivity contribution in [1.82, 2.24) is 10.2 Å². The number of rotatable bonds is 5. The lowest BCUT2D eigenvalue weighted by molar-refractivity contribution is -0.123. The third-order valence-corrected chi connectivity index (χ3v) is 7.05. The van der Waals surface area contributed by atoms with Crippen molar-refractivity contribution < 1.29 is 9.59 Å². The predicted octanol–water partition coefficient (Wildman–Crippen LogP) is 6.59. The third-order valence-electron chi connectivity index (χ3n) is 6.47. The maximum atomic E-state index is 13.0. The van der Waals surface area contributed by atoms with Crippen LogP contribution in [0.4, 0.5) is 10.5 Å². The molecule has 1 unspecified atom stereocenters. The number of benzene rings is 2. The van der Waals surface area contributed by atoms with Crippen LogP contribution in [-0.2, 0) is 11.3 Å². The Morgan fingerprint density at radius 1 is 1.15 bits per heavy atom. The van der Waals surface area contributed by atoms with Gasteiger partial charge in [0.2, 0.25) is 0 Å². The molecule has 0 aliphatic carbocycles. The quantitative estimate of drug-likeness (QED) is 0.383. The Labute approximate surface area is 205 Å². The molecule has 0 spiro atoms.